The molecule has 1 aromatic rings. The molecule has 1 aromatic carbocycles. The number of piperazine rings is 1. The molecule has 0 aromatic heterocycles. The van der Waals surface area contributed by atoms with E-state index >= 15 is 0 Å². The first-order valence-corrected chi connectivity index (χ1v) is 4.71. The second-order valence-corrected chi connectivity index (χ2v) is 3.37. The Kier molecular flexibility index (Phi) is 2.54. The standard InChI is InChI=1S/C10H13FN2O/c11-9-7-8(14)1-2-10(9)13-5-3-12-4-6-13/h1-2,7,12,14H,3-6H2. The third-order valence-corrected chi connectivity index (χ3v) is 2.39. The van der Waals surface area contributed by atoms with E-state index in [1.165, 1.54) is 6.07 Å². The number of nitrogens with zero attached hydrogens (tertiary/aromatic N) is 1. The molecule has 0 bridgehead atoms. The van der Waals surface area contributed by atoms with Crippen LogP contribution in [0.15, 0.2) is 18.2 Å². The summed E-state index contributed by atoms with van der Waals surface area (Å²) in [6.07, 6.45) is 0. The fourth-order valence-corrected chi connectivity index (χ4v) is 1.66. The average molecular weight is 196 g/mol. The van der Waals surface area contributed by atoms with Gasteiger partial charge in [-0.2, -0.15) is 0 Å². The molecule has 0 aliphatic carbocycles. The van der Waals surface area contributed by atoms with Gasteiger partial charge in [-0.05, 0) is 12.1 Å². The number of halogens is 1. The predicted octanol–water partition coefficient (Wildman–Crippen LogP) is 0.941. The van der Waals surface area contributed by atoms with Crippen LogP contribution >= 0.6 is 0 Å². The van der Waals surface area contributed by atoms with Gasteiger partial charge in [0.2, 0.25) is 0 Å². The summed E-state index contributed by atoms with van der Waals surface area (Å²) in [7, 11) is 0. The molecule has 3 nitrogen and oxygen atoms in total. The van der Waals surface area contributed by atoms with Gasteiger partial charge in [0.15, 0.2) is 0 Å². The average Bonchev–Trinajstić information content (AvgIpc) is 2.19. The molecule has 2 N–H and O–H groups in total. The fraction of sp³-hybridized carbons (Fsp3) is 0.400. The summed E-state index contributed by atoms with van der Waals surface area (Å²) < 4.78 is 13.4. The van der Waals surface area contributed by atoms with Gasteiger partial charge in [0, 0.05) is 32.2 Å². The number of aromatic hydroxyl groups is 1. The molecule has 0 saturated carbocycles. The van der Waals surface area contributed by atoms with Crippen molar-refractivity contribution in [1.29, 1.82) is 0 Å². The first-order valence-electron chi connectivity index (χ1n) is 4.71. The molecule has 1 aliphatic rings. The summed E-state index contributed by atoms with van der Waals surface area (Å²) in [6, 6.07) is 4.29. The SMILES string of the molecule is Oc1ccc(N2CCNCC2)c(F)c1. The van der Waals surface area contributed by atoms with Crippen LogP contribution in [-0.4, -0.2) is 31.3 Å². The van der Waals surface area contributed by atoms with E-state index in [0.717, 1.165) is 32.2 Å². The van der Waals surface area contributed by atoms with Crippen LogP contribution in [0.4, 0.5) is 10.1 Å². The Balaban J connectivity index is 2.22. The van der Waals surface area contributed by atoms with E-state index in [0.29, 0.717) is 5.69 Å². The zero-order chi connectivity index (χ0) is 9.97. The van der Waals surface area contributed by atoms with E-state index < -0.39 is 0 Å². The van der Waals surface area contributed by atoms with Crippen molar-refractivity contribution in [3.63, 3.8) is 0 Å². The zero-order valence-electron chi connectivity index (χ0n) is 7.83. The smallest absolute Gasteiger partial charge is 0.150 e. The highest BCUT2D eigenvalue weighted by Crippen LogP contribution is 2.23. The molecule has 1 saturated heterocycles. The van der Waals surface area contributed by atoms with Crippen LogP contribution in [0, 0.1) is 5.82 Å². The lowest BCUT2D eigenvalue weighted by atomic mass is 10.2. The van der Waals surface area contributed by atoms with Crippen molar-refractivity contribution in [1.82, 2.24) is 5.32 Å². The lowest BCUT2D eigenvalue weighted by molar-refractivity contribution is 0.468. The summed E-state index contributed by atoms with van der Waals surface area (Å²) in [4.78, 5) is 1.98. The number of nitrogens with one attached hydrogen (secondary N) is 1. The van der Waals surface area contributed by atoms with Crippen molar-refractivity contribution >= 4 is 5.69 Å². The van der Waals surface area contributed by atoms with Crippen LogP contribution in [0.2, 0.25) is 0 Å². The van der Waals surface area contributed by atoms with Crippen LogP contribution in [-0.2, 0) is 0 Å². The molecule has 0 radical (unpaired) electrons. The monoisotopic (exact) mass is 196 g/mol. The quantitative estimate of drug-likeness (QED) is 0.701. The van der Waals surface area contributed by atoms with Gasteiger partial charge in [-0.3, -0.25) is 0 Å². The topological polar surface area (TPSA) is 35.5 Å². The molecule has 1 fully saturated rings. The van der Waals surface area contributed by atoms with E-state index in [9.17, 15) is 4.39 Å². The van der Waals surface area contributed by atoms with Crippen molar-refractivity contribution in [2.24, 2.45) is 0 Å². The molecule has 1 aliphatic heterocycles. The largest absolute Gasteiger partial charge is 0.508 e. The number of hydrogen-bond acceptors (Lipinski definition) is 3. The molecule has 0 unspecified atom stereocenters. The molecule has 0 atom stereocenters. The number of hydrogen-bond donors (Lipinski definition) is 2. The van der Waals surface area contributed by atoms with Gasteiger partial charge in [-0.25, -0.2) is 4.39 Å². The summed E-state index contributed by atoms with van der Waals surface area (Å²) in [6.45, 7) is 3.37. The minimum Gasteiger partial charge on any atom is -0.508 e. The zero-order valence-corrected chi connectivity index (χ0v) is 7.83. The number of phenolic OH excluding ortho intramolecular Hbond substituents is 1. The Morgan fingerprint density at radius 3 is 2.64 bits per heavy atom. The number of benzene rings is 1. The van der Waals surface area contributed by atoms with E-state index in [1.54, 1.807) is 6.07 Å². The molecular weight excluding hydrogens is 183 g/mol. The van der Waals surface area contributed by atoms with Gasteiger partial charge in [0.25, 0.3) is 0 Å². The maximum Gasteiger partial charge on any atom is 0.150 e. The third-order valence-electron chi connectivity index (χ3n) is 2.39. The van der Waals surface area contributed by atoms with E-state index in [2.05, 4.69) is 5.32 Å². The first-order chi connectivity index (χ1) is 6.77. The Hall–Kier alpha value is -1.29. The Morgan fingerprint density at radius 2 is 2.00 bits per heavy atom. The minimum atomic E-state index is -0.355. The van der Waals surface area contributed by atoms with Crippen molar-refractivity contribution in [3.05, 3.63) is 24.0 Å². The lowest BCUT2D eigenvalue weighted by Crippen LogP contribution is -2.43. The van der Waals surface area contributed by atoms with Crippen LogP contribution in [0.1, 0.15) is 0 Å². The Morgan fingerprint density at radius 1 is 1.29 bits per heavy atom. The van der Waals surface area contributed by atoms with Gasteiger partial charge >= 0.3 is 0 Å². The van der Waals surface area contributed by atoms with E-state index in [-0.39, 0.29) is 11.6 Å². The molecule has 76 valence electrons. The molecule has 0 amide bonds. The number of anilines is 1. The molecule has 2 rings (SSSR count). The van der Waals surface area contributed by atoms with Gasteiger partial charge in [0.05, 0.1) is 5.69 Å². The van der Waals surface area contributed by atoms with Crippen LogP contribution in [0.25, 0.3) is 0 Å². The fourth-order valence-electron chi connectivity index (χ4n) is 1.66. The lowest BCUT2D eigenvalue weighted by Gasteiger charge is -2.29. The predicted molar refractivity (Wildman–Crippen MR) is 53.1 cm³/mol. The molecule has 0 spiro atoms. The van der Waals surface area contributed by atoms with Gasteiger partial charge in [-0.15, -0.1) is 0 Å². The Bertz CT molecular complexity index is 324. The normalized spacial score (nSPS) is 17.1. The maximum atomic E-state index is 13.4. The highest BCUT2D eigenvalue weighted by molar-refractivity contribution is 5.50. The summed E-state index contributed by atoms with van der Waals surface area (Å²) >= 11 is 0. The maximum absolute atomic E-state index is 13.4. The molecular formula is C10H13FN2O. The summed E-state index contributed by atoms with van der Waals surface area (Å²) in [5.74, 6) is -0.381. The van der Waals surface area contributed by atoms with Gasteiger partial charge in [0.1, 0.15) is 11.6 Å². The molecule has 1 heterocycles. The molecule has 14 heavy (non-hydrogen) atoms. The van der Waals surface area contributed by atoms with Crippen LogP contribution in [0.5, 0.6) is 5.75 Å². The van der Waals surface area contributed by atoms with Gasteiger partial charge < -0.3 is 15.3 Å². The number of rotatable bonds is 1. The highest BCUT2D eigenvalue weighted by atomic mass is 19.1. The van der Waals surface area contributed by atoms with Crippen molar-refractivity contribution in [2.45, 2.75) is 0 Å². The van der Waals surface area contributed by atoms with Crippen molar-refractivity contribution in [3.8, 4) is 5.75 Å². The van der Waals surface area contributed by atoms with Crippen molar-refractivity contribution < 1.29 is 9.50 Å². The first kappa shape index (κ1) is 9.27. The summed E-state index contributed by atoms with van der Waals surface area (Å²) in [5.41, 5.74) is 0.573. The van der Waals surface area contributed by atoms with E-state index in [1.807, 2.05) is 4.90 Å². The minimum absolute atomic E-state index is 0.0265. The van der Waals surface area contributed by atoms with Crippen LogP contribution < -0.4 is 10.2 Å². The summed E-state index contributed by atoms with van der Waals surface area (Å²) in [5, 5.41) is 12.3. The van der Waals surface area contributed by atoms with E-state index in [4.69, 9.17) is 5.11 Å². The second kappa shape index (κ2) is 3.84. The van der Waals surface area contributed by atoms with Crippen molar-refractivity contribution in [2.75, 3.05) is 31.1 Å². The highest BCUT2D eigenvalue weighted by Gasteiger charge is 2.14. The second-order valence-electron chi connectivity index (χ2n) is 3.37. The third kappa shape index (κ3) is 1.80. The van der Waals surface area contributed by atoms with Gasteiger partial charge in [-0.1, -0.05) is 0 Å². The van der Waals surface area contributed by atoms with Crippen LogP contribution in [0.3, 0.4) is 0 Å². The number of phenols is 1. The Labute approximate surface area is 82.2 Å². The molecule has 4 heteroatoms.